The number of furan rings is 1. The third kappa shape index (κ3) is 2.86. The minimum atomic E-state index is -0.0223. The topological polar surface area (TPSA) is 60.1 Å². The second kappa shape index (κ2) is 6.24. The summed E-state index contributed by atoms with van der Waals surface area (Å²) in [5.74, 6) is 2.10. The third-order valence-electron chi connectivity index (χ3n) is 4.55. The molecule has 4 rings (SSSR count). The average Bonchev–Trinajstić information content (AvgIpc) is 3.24. The first-order valence-corrected chi connectivity index (χ1v) is 8.62. The maximum absolute atomic E-state index is 12.4. The van der Waals surface area contributed by atoms with Gasteiger partial charge in [0.25, 0.3) is 0 Å². The summed E-state index contributed by atoms with van der Waals surface area (Å²) in [5.41, 5.74) is 3.19. The highest BCUT2D eigenvalue weighted by Gasteiger charge is 2.31. The van der Waals surface area contributed by atoms with Gasteiger partial charge in [0.2, 0.25) is 5.91 Å². The van der Waals surface area contributed by atoms with Gasteiger partial charge < -0.3 is 9.73 Å². The predicted molar refractivity (Wildman–Crippen MR) is 96.3 cm³/mol. The molecule has 0 saturated heterocycles. The van der Waals surface area contributed by atoms with Crippen LogP contribution in [0, 0.1) is 5.92 Å². The van der Waals surface area contributed by atoms with E-state index in [1.165, 1.54) is 0 Å². The number of rotatable bonds is 4. The summed E-state index contributed by atoms with van der Waals surface area (Å²) in [6.45, 7) is 5.06. The standard InChI is InChI=1S/C20H21N3O2/c1-13(2)12-23-20-17(11-21-23)16(10-19(24)22-20)14-6-3-4-7-15(14)18-8-5-9-25-18/h3-9,11,13,16H,10,12H2,1-2H3,(H,22,24)/t16-/m1/s1. The quantitative estimate of drug-likeness (QED) is 0.774. The van der Waals surface area contributed by atoms with Gasteiger partial charge in [0.15, 0.2) is 0 Å². The Kier molecular flexibility index (Phi) is 3.92. The van der Waals surface area contributed by atoms with Crippen molar-refractivity contribution in [2.45, 2.75) is 32.7 Å². The average molecular weight is 335 g/mol. The number of nitrogens with one attached hydrogen (secondary N) is 1. The van der Waals surface area contributed by atoms with Crippen LogP contribution in [0.15, 0.2) is 53.3 Å². The molecule has 25 heavy (non-hydrogen) atoms. The normalized spacial score (nSPS) is 16.8. The number of anilines is 1. The summed E-state index contributed by atoms with van der Waals surface area (Å²) < 4.78 is 7.50. The van der Waals surface area contributed by atoms with E-state index in [2.05, 4.69) is 30.3 Å². The Morgan fingerprint density at radius 1 is 1.24 bits per heavy atom. The van der Waals surface area contributed by atoms with Gasteiger partial charge in [0.05, 0.1) is 12.5 Å². The number of hydrogen-bond acceptors (Lipinski definition) is 3. The maximum Gasteiger partial charge on any atom is 0.226 e. The molecule has 0 spiro atoms. The number of hydrogen-bond donors (Lipinski definition) is 1. The van der Waals surface area contributed by atoms with Crippen LogP contribution in [0.3, 0.4) is 0 Å². The molecule has 1 atom stereocenters. The predicted octanol–water partition coefficient (Wildman–Crippen LogP) is 4.27. The number of carbonyl (C=O) groups is 1. The lowest BCUT2D eigenvalue weighted by molar-refractivity contribution is -0.116. The van der Waals surface area contributed by atoms with Crippen LogP contribution in [0.5, 0.6) is 0 Å². The highest BCUT2D eigenvalue weighted by Crippen LogP contribution is 2.41. The van der Waals surface area contributed by atoms with Crippen molar-refractivity contribution in [3.63, 3.8) is 0 Å². The van der Waals surface area contributed by atoms with E-state index in [1.807, 2.05) is 41.2 Å². The Hall–Kier alpha value is -2.82. The molecule has 1 aromatic carbocycles. The van der Waals surface area contributed by atoms with E-state index in [0.717, 1.165) is 34.8 Å². The minimum Gasteiger partial charge on any atom is -0.464 e. The van der Waals surface area contributed by atoms with E-state index in [-0.39, 0.29) is 11.8 Å². The van der Waals surface area contributed by atoms with Gasteiger partial charge >= 0.3 is 0 Å². The van der Waals surface area contributed by atoms with Crippen LogP contribution in [-0.2, 0) is 11.3 Å². The zero-order valence-corrected chi connectivity index (χ0v) is 14.4. The minimum absolute atomic E-state index is 0.0223. The van der Waals surface area contributed by atoms with Crippen LogP contribution in [-0.4, -0.2) is 15.7 Å². The van der Waals surface area contributed by atoms with Crippen molar-refractivity contribution in [1.29, 1.82) is 0 Å². The second-order valence-electron chi connectivity index (χ2n) is 6.89. The Labute approximate surface area is 146 Å². The van der Waals surface area contributed by atoms with Crippen molar-refractivity contribution >= 4 is 11.7 Å². The fourth-order valence-electron chi connectivity index (χ4n) is 3.49. The summed E-state index contributed by atoms with van der Waals surface area (Å²) in [4.78, 5) is 12.4. The number of nitrogens with zero attached hydrogens (tertiary/aromatic N) is 2. The van der Waals surface area contributed by atoms with Crippen LogP contribution < -0.4 is 5.32 Å². The summed E-state index contributed by atoms with van der Waals surface area (Å²) in [6, 6.07) is 11.9. The van der Waals surface area contributed by atoms with Gasteiger partial charge in [0.1, 0.15) is 11.6 Å². The molecule has 1 N–H and O–H groups in total. The zero-order valence-electron chi connectivity index (χ0n) is 14.4. The van der Waals surface area contributed by atoms with Crippen molar-refractivity contribution in [3.8, 4) is 11.3 Å². The molecule has 1 aliphatic rings. The molecule has 0 unspecified atom stereocenters. The molecule has 3 aromatic rings. The van der Waals surface area contributed by atoms with Crippen LogP contribution in [0.2, 0.25) is 0 Å². The van der Waals surface area contributed by atoms with Gasteiger partial charge in [-0.05, 0) is 23.6 Å². The Balaban J connectivity index is 1.81. The first-order valence-electron chi connectivity index (χ1n) is 8.62. The fourth-order valence-corrected chi connectivity index (χ4v) is 3.49. The molecule has 0 aliphatic carbocycles. The van der Waals surface area contributed by atoms with E-state index in [0.29, 0.717) is 12.3 Å². The van der Waals surface area contributed by atoms with Crippen molar-refractivity contribution in [2.75, 3.05) is 5.32 Å². The van der Waals surface area contributed by atoms with E-state index >= 15 is 0 Å². The van der Waals surface area contributed by atoms with Crippen LogP contribution >= 0.6 is 0 Å². The van der Waals surface area contributed by atoms with Gasteiger partial charge in [-0.3, -0.25) is 4.79 Å². The van der Waals surface area contributed by atoms with Crippen LogP contribution in [0.1, 0.15) is 37.3 Å². The van der Waals surface area contributed by atoms with Crippen molar-refractivity contribution in [3.05, 3.63) is 60.0 Å². The van der Waals surface area contributed by atoms with Crippen molar-refractivity contribution in [2.24, 2.45) is 5.92 Å². The lowest BCUT2D eigenvalue weighted by Crippen LogP contribution is -2.25. The largest absolute Gasteiger partial charge is 0.464 e. The van der Waals surface area contributed by atoms with Gasteiger partial charge in [-0.2, -0.15) is 5.10 Å². The summed E-state index contributed by atoms with van der Waals surface area (Å²) in [5, 5.41) is 7.52. The summed E-state index contributed by atoms with van der Waals surface area (Å²) >= 11 is 0. The van der Waals surface area contributed by atoms with E-state index in [1.54, 1.807) is 6.26 Å². The van der Waals surface area contributed by atoms with Crippen LogP contribution in [0.25, 0.3) is 11.3 Å². The monoisotopic (exact) mass is 335 g/mol. The van der Waals surface area contributed by atoms with Gasteiger partial charge in [-0.15, -0.1) is 0 Å². The Morgan fingerprint density at radius 2 is 2.08 bits per heavy atom. The molecule has 5 heteroatoms. The second-order valence-corrected chi connectivity index (χ2v) is 6.89. The van der Waals surface area contributed by atoms with Crippen molar-refractivity contribution < 1.29 is 9.21 Å². The first-order chi connectivity index (χ1) is 12.1. The zero-order chi connectivity index (χ0) is 17.4. The number of carbonyl (C=O) groups excluding carboxylic acids is 1. The molecule has 128 valence electrons. The Bertz CT molecular complexity index is 894. The molecule has 0 bridgehead atoms. The Morgan fingerprint density at radius 3 is 2.84 bits per heavy atom. The van der Waals surface area contributed by atoms with Gasteiger partial charge in [-0.1, -0.05) is 38.1 Å². The number of amides is 1. The number of benzene rings is 1. The molecule has 0 radical (unpaired) electrons. The maximum atomic E-state index is 12.4. The van der Waals surface area contributed by atoms with E-state index in [4.69, 9.17) is 4.42 Å². The molecule has 0 fully saturated rings. The molecule has 2 aromatic heterocycles. The molecular formula is C20H21N3O2. The van der Waals surface area contributed by atoms with E-state index in [9.17, 15) is 4.79 Å². The van der Waals surface area contributed by atoms with Gasteiger partial charge in [-0.25, -0.2) is 4.68 Å². The molecule has 1 amide bonds. The SMILES string of the molecule is CC(C)Cn1ncc2c1NC(=O)C[C@@H]2c1ccccc1-c1ccco1. The molecule has 0 saturated carbocycles. The lowest BCUT2D eigenvalue weighted by Gasteiger charge is -2.25. The smallest absolute Gasteiger partial charge is 0.226 e. The highest BCUT2D eigenvalue weighted by atomic mass is 16.3. The fraction of sp³-hybridized carbons (Fsp3) is 0.300. The number of aromatic nitrogens is 2. The molecule has 1 aliphatic heterocycles. The lowest BCUT2D eigenvalue weighted by atomic mass is 9.84. The van der Waals surface area contributed by atoms with Crippen LogP contribution in [0.4, 0.5) is 5.82 Å². The summed E-state index contributed by atoms with van der Waals surface area (Å²) in [7, 11) is 0. The number of fused-ring (bicyclic) bond motifs is 1. The first kappa shape index (κ1) is 15.7. The summed E-state index contributed by atoms with van der Waals surface area (Å²) in [6.07, 6.45) is 3.98. The third-order valence-corrected chi connectivity index (χ3v) is 4.55. The highest BCUT2D eigenvalue weighted by molar-refractivity contribution is 5.94. The van der Waals surface area contributed by atoms with E-state index < -0.39 is 0 Å². The van der Waals surface area contributed by atoms with Gasteiger partial charge in [0, 0.05) is 30.0 Å². The molecule has 5 nitrogen and oxygen atoms in total. The van der Waals surface area contributed by atoms with Crippen molar-refractivity contribution in [1.82, 2.24) is 9.78 Å². The molecular weight excluding hydrogens is 314 g/mol. The molecule has 3 heterocycles.